The highest BCUT2D eigenvalue weighted by Gasteiger charge is 2.30. The number of carboxylic acids is 1. The van der Waals surface area contributed by atoms with Gasteiger partial charge in [-0.3, -0.25) is 9.59 Å². The molecule has 0 spiro atoms. The average molecular weight is 522 g/mol. The molecule has 2 aromatic carbocycles. The number of unbranched alkanes of at least 4 members (excludes halogenated alkanes) is 1. The molecule has 202 valence electrons. The molecule has 0 fully saturated rings. The predicted molar refractivity (Wildman–Crippen MR) is 135 cm³/mol. The number of carbonyl (C=O) groups excluding carboxylic acids is 2. The maximum atomic E-state index is 13.2. The van der Waals surface area contributed by atoms with Crippen LogP contribution >= 0.6 is 0 Å². The van der Waals surface area contributed by atoms with Gasteiger partial charge in [0, 0.05) is 30.9 Å². The standard InChI is InChI=1S/C27H34F3N3O4/c1-3-5-7-19(4-2)17-33(26(37)32-23-9-6-8-22(16-23)27(28,29)30)18-20-10-12-21(13-11-20)25(36)31-15-14-24(34)35/h6,8-13,16,19H,3-5,7,14-15,17-18H2,1-2H3,(H,31,36)(H,32,37)(H,34,35). The maximum Gasteiger partial charge on any atom is 0.416 e. The van der Waals surface area contributed by atoms with E-state index in [1.807, 2.05) is 6.92 Å². The monoisotopic (exact) mass is 521 g/mol. The van der Waals surface area contributed by atoms with Gasteiger partial charge in [0.1, 0.15) is 0 Å². The maximum absolute atomic E-state index is 13.2. The SMILES string of the molecule is CCCCC(CC)CN(Cc1ccc(C(=O)NCCC(=O)O)cc1)C(=O)Nc1cccc(C(F)(F)F)c1. The second-order valence-electron chi connectivity index (χ2n) is 8.90. The van der Waals surface area contributed by atoms with Crippen LogP contribution < -0.4 is 10.6 Å². The van der Waals surface area contributed by atoms with Crippen molar-refractivity contribution < 1.29 is 32.7 Å². The van der Waals surface area contributed by atoms with Crippen molar-refractivity contribution in [3.8, 4) is 0 Å². The molecule has 2 aromatic rings. The van der Waals surface area contributed by atoms with Gasteiger partial charge in [-0.25, -0.2) is 4.79 Å². The molecule has 0 bridgehead atoms. The number of hydrogen-bond donors (Lipinski definition) is 3. The van der Waals surface area contributed by atoms with Gasteiger partial charge >= 0.3 is 18.2 Å². The van der Waals surface area contributed by atoms with Crippen LogP contribution in [0.3, 0.4) is 0 Å². The molecule has 10 heteroatoms. The Morgan fingerprint density at radius 3 is 2.35 bits per heavy atom. The van der Waals surface area contributed by atoms with E-state index in [9.17, 15) is 27.6 Å². The van der Waals surface area contributed by atoms with Crippen molar-refractivity contribution in [2.45, 2.75) is 58.7 Å². The molecule has 2 rings (SSSR count). The van der Waals surface area contributed by atoms with E-state index in [0.29, 0.717) is 12.1 Å². The fourth-order valence-electron chi connectivity index (χ4n) is 3.79. The number of nitrogens with one attached hydrogen (secondary N) is 2. The van der Waals surface area contributed by atoms with Crippen LogP contribution in [0.4, 0.5) is 23.7 Å². The summed E-state index contributed by atoms with van der Waals surface area (Å²) in [5.74, 6) is -1.19. The topological polar surface area (TPSA) is 98.7 Å². The number of rotatable bonds is 13. The lowest BCUT2D eigenvalue weighted by Crippen LogP contribution is -2.38. The highest BCUT2D eigenvalue weighted by atomic mass is 19.4. The van der Waals surface area contributed by atoms with Crippen molar-refractivity contribution in [1.29, 1.82) is 0 Å². The summed E-state index contributed by atoms with van der Waals surface area (Å²) in [5, 5.41) is 13.8. The van der Waals surface area contributed by atoms with Gasteiger partial charge in [0.05, 0.1) is 12.0 Å². The Morgan fingerprint density at radius 2 is 1.76 bits per heavy atom. The number of benzene rings is 2. The van der Waals surface area contributed by atoms with Gasteiger partial charge in [0.2, 0.25) is 0 Å². The largest absolute Gasteiger partial charge is 0.481 e. The molecule has 37 heavy (non-hydrogen) atoms. The second-order valence-corrected chi connectivity index (χ2v) is 8.90. The van der Waals surface area contributed by atoms with Crippen molar-refractivity contribution in [1.82, 2.24) is 10.2 Å². The van der Waals surface area contributed by atoms with Crippen molar-refractivity contribution in [3.63, 3.8) is 0 Å². The summed E-state index contributed by atoms with van der Waals surface area (Å²) in [6.45, 7) is 4.77. The highest BCUT2D eigenvalue weighted by Crippen LogP contribution is 2.30. The number of amides is 3. The Bertz CT molecular complexity index is 1040. The van der Waals surface area contributed by atoms with Crippen LogP contribution in [0.15, 0.2) is 48.5 Å². The van der Waals surface area contributed by atoms with Crippen LogP contribution in [-0.4, -0.2) is 41.0 Å². The predicted octanol–water partition coefficient (Wildman–Crippen LogP) is 6.16. The van der Waals surface area contributed by atoms with Crippen molar-refractivity contribution in [2.75, 3.05) is 18.4 Å². The van der Waals surface area contributed by atoms with E-state index < -0.39 is 29.6 Å². The quantitative estimate of drug-likeness (QED) is 0.294. The van der Waals surface area contributed by atoms with E-state index in [4.69, 9.17) is 5.11 Å². The van der Waals surface area contributed by atoms with E-state index in [-0.39, 0.29) is 31.1 Å². The molecule has 3 N–H and O–H groups in total. The first-order valence-electron chi connectivity index (χ1n) is 12.4. The Morgan fingerprint density at radius 1 is 1.05 bits per heavy atom. The summed E-state index contributed by atoms with van der Waals surface area (Å²) in [4.78, 5) is 37.6. The van der Waals surface area contributed by atoms with E-state index >= 15 is 0 Å². The highest BCUT2D eigenvalue weighted by molar-refractivity contribution is 5.94. The first-order valence-corrected chi connectivity index (χ1v) is 12.4. The fourth-order valence-corrected chi connectivity index (χ4v) is 3.79. The molecule has 0 radical (unpaired) electrons. The summed E-state index contributed by atoms with van der Waals surface area (Å²) < 4.78 is 39.3. The number of nitrogens with zero attached hydrogens (tertiary/aromatic N) is 1. The number of hydrogen-bond acceptors (Lipinski definition) is 3. The minimum atomic E-state index is -4.52. The average Bonchev–Trinajstić information content (AvgIpc) is 2.85. The second kappa shape index (κ2) is 14.2. The smallest absolute Gasteiger partial charge is 0.416 e. The molecule has 0 aromatic heterocycles. The number of anilines is 1. The molecule has 0 aliphatic rings. The minimum Gasteiger partial charge on any atom is -0.481 e. The normalized spacial score (nSPS) is 12.0. The third-order valence-electron chi connectivity index (χ3n) is 5.96. The summed E-state index contributed by atoms with van der Waals surface area (Å²) in [5.41, 5.74) is 0.304. The summed E-state index contributed by atoms with van der Waals surface area (Å²) in [6, 6.07) is 10.6. The molecule has 1 unspecified atom stereocenters. The van der Waals surface area contributed by atoms with Gasteiger partial charge in [-0.2, -0.15) is 13.2 Å². The Hall–Kier alpha value is -3.56. The van der Waals surface area contributed by atoms with Gasteiger partial charge < -0.3 is 20.6 Å². The van der Waals surface area contributed by atoms with Crippen molar-refractivity contribution in [2.24, 2.45) is 5.92 Å². The van der Waals surface area contributed by atoms with Crippen LogP contribution in [0.25, 0.3) is 0 Å². The Kier molecular flexibility index (Phi) is 11.4. The number of carboxylic acid groups (broad SMARTS) is 1. The lowest BCUT2D eigenvalue weighted by Gasteiger charge is -2.28. The summed E-state index contributed by atoms with van der Waals surface area (Å²) in [6.07, 6.45) is -0.902. The lowest BCUT2D eigenvalue weighted by molar-refractivity contribution is -0.138. The molecular formula is C27H34F3N3O4. The molecule has 0 aliphatic carbocycles. The fraction of sp³-hybridized carbons (Fsp3) is 0.444. The van der Waals surface area contributed by atoms with Gasteiger partial charge in [0.15, 0.2) is 0 Å². The molecule has 0 saturated heterocycles. The zero-order valence-electron chi connectivity index (χ0n) is 21.1. The number of halogens is 3. The molecule has 0 saturated carbocycles. The molecule has 3 amide bonds. The van der Waals surface area contributed by atoms with Crippen LogP contribution in [0, 0.1) is 5.92 Å². The summed E-state index contributed by atoms with van der Waals surface area (Å²) in [7, 11) is 0. The number of alkyl halides is 3. The minimum absolute atomic E-state index is 0.00950. The lowest BCUT2D eigenvalue weighted by atomic mass is 9.98. The number of aliphatic carboxylic acids is 1. The van der Waals surface area contributed by atoms with E-state index in [1.54, 1.807) is 29.2 Å². The molecular weight excluding hydrogens is 487 g/mol. The van der Waals surface area contributed by atoms with Gasteiger partial charge in [-0.15, -0.1) is 0 Å². The Labute approximate surface area is 215 Å². The molecule has 1 atom stereocenters. The van der Waals surface area contributed by atoms with E-state index in [0.717, 1.165) is 43.4 Å². The van der Waals surface area contributed by atoms with Crippen LogP contribution in [0.5, 0.6) is 0 Å². The first-order chi connectivity index (χ1) is 17.5. The zero-order chi connectivity index (χ0) is 27.4. The summed E-state index contributed by atoms with van der Waals surface area (Å²) >= 11 is 0. The number of carbonyl (C=O) groups is 3. The van der Waals surface area contributed by atoms with E-state index in [2.05, 4.69) is 17.6 Å². The zero-order valence-corrected chi connectivity index (χ0v) is 21.1. The third-order valence-corrected chi connectivity index (χ3v) is 5.96. The van der Waals surface area contributed by atoms with Gasteiger partial charge in [-0.05, 0) is 48.2 Å². The van der Waals surface area contributed by atoms with Crippen LogP contribution in [-0.2, 0) is 17.5 Å². The first kappa shape index (κ1) is 29.7. The Balaban J connectivity index is 2.17. The third kappa shape index (κ3) is 10.1. The molecule has 0 aliphatic heterocycles. The molecule has 0 heterocycles. The van der Waals surface area contributed by atoms with Crippen LogP contribution in [0.1, 0.15) is 67.4 Å². The van der Waals surface area contributed by atoms with Crippen molar-refractivity contribution in [3.05, 3.63) is 65.2 Å². The van der Waals surface area contributed by atoms with Gasteiger partial charge in [0.25, 0.3) is 5.91 Å². The molecule has 7 nitrogen and oxygen atoms in total. The number of urea groups is 1. The van der Waals surface area contributed by atoms with Crippen LogP contribution in [0.2, 0.25) is 0 Å². The van der Waals surface area contributed by atoms with Gasteiger partial charge in [-0.1, -0.05) is 51.3 Å². The van der Waals surface area contributed by atoms with E-state index in [1.165, 1.54) is 12.1 Å². The van der Waals surface area contributed by atoms with Crippen molar-refractivity contribution >= 4 is 23.6 Å².